The van der Waals surface area contributed by atoms with E-state index in [0.29, 0.717) is 6.42 Å². The van der Waals surface area contributed by atoms with Crippen LogP contribution in [0.15, 0.2) is 4.99 Å². The molecular formula is C8H10F3NO. The summed E-state index contributed by atoms with van der Waals surface area (Å²) in [6.07, 6.45) is -1.93. The van der Waals surface area contributed by atoms with Gasteiger partial charge >= 0.3 is 6.18 Å². The average Bonchev–Trinajstić information content (AvgIpc) is 2.77. The van der Waals surface area contributed by atoms with Crippen LogP contribution in [0.4, 0.5) is 13.2 Å². The minimum Gasteiger partial charge on any atom is -0.211 e. The zero-order valence-electron chi connectivity index (χ0n) is 7.02. The monoisotopic (exact) mass is 193 g/mol. The summed E-state index contributed by atoms with van der Waals surface area (Å²) in [5, 5.41) is 0. The van der Waals surface area contributed by atoms with E-state index >= 15 is 0 Å². The summed E-state index contributed by atoms with van der Waals surface area (Å²) in [6, 6.07) is 0. The van der Waals surface area contributed by atoms with E-state index in [1.165, 1.54) is 6.08 Å². The third-order valence-electron chi connectivity index (χ3n) is 2.44. The first kappa shape index (κ1) is 10.3. The summed E-state index contributed by atoms with van der Waals surface area (Å²) in [6.45, 7) is 0.154. The van der Waals surface area contributed by atoms with Gasteiger partial charge in [-0.15, -0.1) is 0 Å². The third-order valence-corrected chi connectivity index (χ3v) is 2.44. The Bertz CT molecular complexity index is 226. The molecule has 0 aromatic carbocycles. The Morgan fingerprint density at radius 1 is 1.38 bits per heavy atom. The second kappa shape index (κ2) is 3.50. The molecule has 0 N–H and O–H groups in total. The fourth-order valence-corrected chi connectivity index (χ4v) is 1.37. The number of hydrogen-bond acceptors (Lipinski definition) is 2. The molecular weight excluding hydrogens is 183 g/mol. The van der Waals surface area contributed by atoms with E-state index in [1.807, 2.05) is 0 Å². The second-order valence-electron chi connectivity index (χ2n) is 3.35. The van der Waals surface area contributed by atoms with Gasteiger partial charge in [0.25, 0.3) is 0 Å². The predicted octanol–water partition coefficient (Wildman–Crippen LogP) is 2.44. The second-order valence-corrected chi connectivity index (χ2v) is 3.35. The molecule has 0 amide bonds. The SMILES string of the molecule is O=C=NCCCC1(C(F)(F)F)CC1. The highest BCUT2D eigenvalue weighted by molar-refractivity contribution is 5.32. The third kappa shape index (κ3) is 2.31. The van der Waals surface area contributed by atoms with Crippen molar-refractivity contribution in [3.8, 4) is 0 Å². The fourth-order valence-electron chi connectivity index (χ4n) is 1.37. The lowest BCUT2D eigenvalue weighted by molar-refractivity contribution is -0.189. The topological polar surface area (TPSA) is 29.4 Å². The highest BCUT2D eigenvalue weighted by Crippen LogP contribution is 2.60. The van der Waals surface area contributed by atoms with Crippen LogP contribution in [0.25, 0.3) is 0 Å². The maximum Gasteiger partial charge on any atom is 0.394 e. The van der Waals surface area contributed by atoms with Gasteiger partial charge in [0.05, 0.1) is 12.0 Å². The van der Waals surface area contributed by atoms with Crippen molar-refractivity contribution in [1.29, 1.82) is 0 Å². The van der Waals surface area contributed by atoms with Crippen LogP contribution in [0.3, 0.4) is 0 Å². The first-order valence-corrected chi connectivity index (χ1v) is 4.12. The van der Waals surface area contributed by atoms with Gasteiger partial charge in [-0.05, 0) is 25.7 Å². The van der Waals surface area contributed by atoms with Crippen LogP contribution in [0, 0.1) is 5.41 Å². The van der Waals surface area contributed by atoms with E-state index in [2.05, 4.69) is 4.99 Å². The summed E-state index contributed by atoms with van der Waals surface area (Å²) < 4.78 is 36.9. The molecule has 1 rings (SSSR count). The standard InChI is InChI=1S/C8H10F3NO/c9-8(10,11)7(3-4-7)2-1-5-12-6-13/h1-5H2. The smallest absolute Gasteiger partial charge is 0.211 e. The zero-order chi connectivity index (χ0) is 9.95. The normalized spacial score (nSPS) is 19.3. The number of aliphatic imine (C=N–C) groups is 1. The number of isocyanates is 1. The van der Waals surface area contributed by atoms with Gasteiger partial charge in [0, 0.05) is 0 Å². The molecule has 0 aromatic heterocycles. The molecule has 0 spiro atoms. The van der Waals surface area contributed by atoms with Crippen LogP contribution in [0.1, 0.15) is 25.7 Å². The maximum atomic E-state index is 12.3. The lowest BCUT2D eigenvalue weighted by atomic mass is 10.00. The van der Waals surface area contributed by atoms with Crippen LogP contribution < -0.4 is 0 Å². The van der Waals surface area contributed by atoms with Gasteiger partial charge in [0.2, 0.25) is 6.08 Å². The summed E-state index contributed by atoms with van der Waals surface area (Å²) in [4.78, 5) is 12.8. The maximum absolute atomic E-state index is 12.3. The van der Waals surface area contributed by atoms with Crippen LogP contribution in [-0.2, 0) is 4.79 Å². The Kier molecular flexibility index (Phi) is 2.76. The summed E-state index contributed by atoms with van der Waals surface area (Å²) in [5.74, 6) is 0. The molecule has 1 aliphatic rings. The van der Waals surface area contributed by atoms with E-state index in [-0.39, 0.29) is 25.8 Å². The summed E-state index contributed by atoms with van der Waals surface area (Å²) in [5.41, 5.74) is -1.45. The predicted molar refractivity (Wildman–Crippen MR) is 39.9 cm³/mol. The molecule has 0 heterocycles. The molecule has 1 fully saturated rings. The van der Waals surface area contributed by atoms with E-state index < -0.39 is 11.6 Å². The number of nitrogens with zero attached hydrogens (tertiary/aromatic N) is 1. The first-order chi connectivity index (χ1) is 6.02. The van der Waals surface area contributed by atoms with Crippen LogP contribution in [-0.4, -0.2) is 18.8 Å². The molecule has 0 radical (unpaired) electrons. The Balaban J connectivity index is 2.32. The lowest BCUT2D eigenvalue weighted by Crippen LogP contribution is -2.24. The van der Waals surface area contributed by atoms with Crippen molar-refractivity contribution in [3.63, 3.8) is 0 Å². The van der Waals surface area contributed by atoms with Gasteiger partial charge in [-0.1, -0.05) is 0 Å². The van der Waals surface area contributed by atoms with E-state index in [4.69, 9.17) is 0 Å². The summed E-state index contributed by atoms with van der Waals surface area (Å²) in [7, 11) is 0. The van der Waals surface area contributed by atoms with Crippen molar-refractivity contribution in [3.05, 3.63) is 0 Å². The number of carbonyl (C=O) groups excluding carboxylic acids is 1. The van der Waals surface area contributed by atoms with Crippen LogP contribution >= 0.6 is 0 Å². The number of rotatable bonds is 4. The van der Waals surface area contributed by atoms with Gasteiger partial charge in [0.15, 0.2) is 0 Å². The average molecular weight is 193 g/mol. The van der Waals surface area contributed by atoms with Gasteiger partial charge in [-0.3, -0.25) is 0 Å². The minimum atomic E-state index is -4.09. The quantitative estimate of drug-likeness (QED) is 0.383. The van der Waals surface area contributed by atoms with Crippen molar-refractivity contribution in [2.45, 2.75) is 31.9 Å². The molecule has 74 valence electrons. The van der Waals surface area contributed by atoms with Crippen LogP contribution in [0.5, 0.6) is 0 Å². The van der Waals surface area contributed by atoms with Crippen molar-refractivity contribution in [1.82, 2.24) is 0 Å². The van der Waals surface area contributed by atoms with Crippen molar-refractivity contribution >= 4 is 6.08 Å². The molecule has 1 saturated carbocycles. The van der Waals surface area contributed by atoms with E-state index in [0.717, 1.165) is 0 Å². The lowest BCUT2D eigenvalue weighted by Gasteiger charge is -2.17. The molecule has 0 saturated heterocycles. The molecule has 5 heteroatoms. The molecule has 0 bridgehead atoms. The van der Waals surface area contributed by atoms with Gasteiger partial charge in [-0.2, -0.15) is 13.2 Å². The van der Waals surface area contributed by atoms with Crippen LogP contribution in [0.2, 0.25) is 0 Å². The Hall–Kier alpha value is -0.830. The molecule has 13 heavy (non-hydrogen) atoms. The summed E-state index contributed by atoms with van der Waals surface area (Å²) >= 11 is 0. The van der Waals surface area contributed by atoms with Crippen molar-refractivity contribution in [2.24, 2.45) is 10.4 Å². The molecule has 0 atom stereocenters. The minimum absolute atomic E-state index is 0.0850. The largest absolute Gasteiger partial charge is 0.394 e. The zero-order valence-corrected chi connectivity index (χ0v) is 7.02. The van der Waals surface area contributed by atoms with Gasteiger partial charge in [-0.25, -0.2) is 9.79 Å². The van der Waals surface area contributed by atoms with Gasteiger partial charge < -0.3 is 0 Å². The number of hydrogen-bond donors (Lipinski definition) is 0. The van der Waals surface area contributed by atoms with E-state index in [1.54, 1.807) is 0 Å². The number of alkyl halides is 3. The highest BCUT2D eigenvalue weighted by Gasteiger charge is 2.62. The number of halogens is 3. The van der Waals surface area contributed by atoms with Gasteiger partial charge in [0.1, 0.15) is 0 Å². The fraction of sp³-hybridized carbons (Fsp3) is 0.875. The Morgan fingerprint density at radius 2 is 2.00 bits per heavy atom. The Morgan fingerprint density at radius 3 is 2.38 bits per heavy atom. The molecule has 2 nitrogen and oxygen atoms in total. The molecule has 0 unspecified atom stereocenters. The Labute approximate surface area is 73.8 Å². The molecule has 0 aromatic rings. The molecule has 1 aliphatic carbocycles. The first-order valence-electron chi connectivity index (χ1n) is 4.12. The van der Waals surface area contributed by atoms with Crippen molar-refractivity contribution in [2.75, 3.05) is 6.54 Å². The van der Waals surface area contributed by atoms with E-state index in [9.17, 15) is 18.0 Å². The van der Waals surface area contributed by atoms with Crippen molar-refractivity contribution < 1.29 is 18.0 Å². The highest BCUT2D eigenvalue weighted by atomic mass is 19.4. The molecule has 0 aliphatic heterocycles.